The third kappa shape index (κ3) is 38.5. The monoisotopic (exact) mass is 992 g/mol. The second kappa shape index (κ2) is 49.1. The largest absolute Gasteiger partial charge is 0.466 e. The van der Waals surface area contributed by atoms with Crippen LogP contribution in [0.4, 0.5) is 0 Å². The maximum atomic E-state index is 13.0. The number of carbonyl (C=O) groups excluding carboxylic acids is 2. The minimum absolute atomic E-state index is 0.0263. The molecule has 1 aliphatic rings. The van der Waals surface area contributed by atoms with E-state index in [1.807, 2.05) is 6.08 Å². The Labute approximate surface area is 428 Å². The Balaban J connectivity index is 2.03. The fourth-order valence-electron chi connectivity index (χ4n) is 9.05. The van der Waals surface area contributed by atoms with Gasteiger partial charge in [-0.25, -0.2) is 0 Å². The normalized spacial score (nSPS) is 19.4. The lowest BCUT2D eigenvalue weighted by atomic mass is 9.99. The van der Waals surface area contributed by atoms with Crippen LogP contribution < -0.4 is 5.32 Å². The van der Waals surface area contributed by atoms with Gasteiger partial charge in [-0.3, -0.25) is 9.59 Å². The molecule has 1 aliphatic heterocycles. The predicted octanol–water partition coefficient (Wildman–Crippen LogP) is 13.1. The molecule has 7 unspecified atom stereocenters. The summed E-state index contributed by atoms with van der Waals surface area (Å²) in [7, 11) is 0. The van der Waals surface area contributed by atoms with E-state index < -0.39 is 49.5 Å². The summed E-state index contributed by atoms with van der Waals surface area (Å²) in [5.74, 6) is -0.219. The van der Waals surface area contributed by atoms with Gasteiger partial charge < -0.3 is 45.1 Å². The van der Waals surface area contributed by atoms with Crippen molar-refractivity contribution in [3.05, 3.63) is 36.5 Å². The van der Waals surface area contributed by atoms with Crippen molar-refractivity contribution in [3.8, 4) is 0 Å². The van der Waals surface area contributed by atoms with E-state index in [1.54, 1.807) is 6.08 Å². The second-order valence-electron chi connectivity index (χ2n) is 20.3. The van der Waals surface area contributed by atoms with Crippen molar-refractivity contribution in [1.29, 1.82) is 0 Å². The van der Waals surface area contributed by atoms with Gasteiger partial charge in [0.05, 0.1) is 32.0 Å². The molecule has 1 saturated heterocycles. The Morgan fingerprint density at radius 3 is 1.46 bits per heavy atom. The highest BCUT2D eigenvalue weighted by molar-refractivity contribution is 5.76. The van der Waals surface area contributed by atoms with Crippen molar-refractivity contribution in [2.75, 3.05) is 19.8 Å². The van der Waals surface area contributed by atoms with Crippen molar-refractivity contribution in [2.24, 2.45) is 0 Å². The molecule has 11 heteroatoms. The van der Waals surface area contributed by atoms with Crippen LogP contribution in [0.5, 0.6) is 0 Å². The summed E-state index contributed by atoms with van der Waals surface area (Å²) in [6.45, 7) is 4.26. The number of allylic oxidation sites excluding steroid dienone is 5. The Morgan fingerprint density at radius 2 is 0.957 bits per heavy atom. The zero-order valence-electron chi connectivity index (χ0n) is 45.0. The first-order valence-electron chi connectivity index (χ1n) is 29.3. The number of rotatable bonds is 50. The Kier molecular flexibility index (Phi) is 46.2. The summed E-state index contributed by atoms with van der Waals surface area (Å²) < 4.78 is 16.7. The van der Waals surface area contributed by atoms with E-state index in [9.17, 15) is 35.1 Å². The van der Waals surface area contributed by atoms with Gasteiger partial charge in [0.2, 0.25) is 5.91 Å². The molecule has 1 fully saturated rings. The van der Waals surface area contributed by atoms with Gasteiger partial charge in [-0.15, -0.1) is 0 Å². The van der Waals surface area contributed by atoms with Gasteiger partial charge in [0.1, 0.15) is 24.4 Å². The molecule has 1 rings (SSSR count). The summed E-state index contributed by atoms with van der Waals surface area (Å²) in [5.41, 5.74) is 0. The van der Waals surface area contributed by atoms with Gasteiger partial charge in [-0.1, -0.05) is 224 Å². The number of amides is 1. The predicted molar refractivity (Wildman–Crippen MR) is 287 cm³/mol. The molecule has 70 heavy (non-hydrogen) atoms. The average Bonchev–Trinajstić information content (AvgIpc) is 3.36. The molecule has 6 N–H and O–H groups in total. The number of aliphatic hydroxyl groups is 5. The fourth-order valence-corrected chi connectivity index (χ4v) is 9.05. The SMILES string of the molecule is CCCCCC/C=C\C/C=C\CCCCCCCCCC(=O)OCCCCCCCCCCCCCCCCCC(=O)NC(COC1OC(CO)C(O)C(O)C1O)C(O)/C=C/CCCCCCCCC. The van der Waals surface area contributed by atoms with Crippen LogP contribution in [0.25, 0.3) is 0 Å². The van der Waals surface area contributed by atoms with E-state index in [0.29, 0.717) is 19.4 Å². The van der Waals surface area contributed by atoms with Crippen LogP contribution in [0.15, 0.2) is 36.5 Å². The smallest absolute Gasteiger partial charge is 0.305 e. The Hall–Kier alpha value is -2.12. The third-order valence-electron chi connectivity index (χ3n) is 13.7. The number of aliphatic hydroxyl groups excluding tert-OH is 5. The van der Waals surface area contributed by atoms with Crippen LogP contribution in [-0.4, -0.2) is 100 Å². The third-order valence-corrected chi connectivity index (χ3v) is 13.7. The van der Waals surface area contributed by atoms with E-state index in [4.69, 9.17) is 14.2 Å². The van der Waals surface area contributed by atoms with Crippen LogP contribution in [0.2, 0.25) is 0 Å². The minimum atomic E-state index is -1.57. The molecule has 0 spiro atoms. The Bertz CT molecular complexity index is 1260. The minimum Gasteiger partial charge on any atom is -0.466 e. The molecule has 7 atom stereocenters. The summed E-state index contributed by atoms with van der Waals surface area (Å²) in [6.07, 6.45) is 49.5. The molecule has 0 aromatic heterocycles. The summed E-state index contributed by atoms with van der Waals surface area (Å²) in [4.78, 5) is 25.1. The molecule has 0 aromatic carbocycles. The maximum absolute atomic E-state index is 13.0. The molecule has 0 saturated carbocycles. The number of nitrogens with one attached hydrogen (secondary N) is 1. The average molecular weight is 993 g/mol. The number of carbonyl (C=O) groups is 2. The molecule has 410 valence electrons. The van der Waals surface area contributed by atoms with Gasteiger partial charge in [0.15, 0.2) is 6.29 Å². The van der Waals surface area contributed by atoms with Gasteiger partial charge >= 0.3 is 5.97 Å². The van der Waals surface area contributed by atoms with Gasteiger partial charge in [-0.2, -0.15) is 0 Å². The fraction of sp³-hybridized carbons (Fsp3) is 0.864. The first-order chi connectivity index (χ1) is 34.2. The lowest BCUT2D eigenvalue weighted by Gasteiger charge is -2.40. The highest BCUT2D eigenvalue weighted by Crippen LogP contribution is 2.23. The van der Waals surface area contributed by atoms with Crippen molar-refractivity contribution in [3.63, 3.8) is 0 Å². The molecule has 0 aromatic rings. The van der Waals surface area contributed by atoms with Crippen LogP contribution >= 0.6 is 0 Å². The zero-order valence-corrected chi connectivity index (χ0v) is 45.0. The maximum Gasteiger partial charge on any atom is 0.305 e. The van der Waals surface area contributed by atoms with E-state index >= 15 is 0 Å². The number of esters is 1. The number of hydrogen-bond acceptors (Lipinski definition) is 10. The van der Waals surface area contributed by atoms with Crippen molar-refractivity contribution in [1.82, 2.24) is 5.32 Å². The number of ether oxygens (including phenoxy) is 3. The van der Waals surface area contributed by atoms with E-state index in [-0.39, 0.29) is 18.5 Å². The van der Waals surface area contributed by atoms with Crippen molar-refractivity contribution < 1.29 is 49.3 Å². The first kappa shape index (κ1) is 65.9. The van der Waals surface area contributed by atoms with E-state index in [2.05, 4.69) is 43.5 Å². The lowest BCUT2D eigenvalue weighted by Crippen LogP contribution is -2.60. The molecule has 11 nitrogen and oxygen atoms in total. The van der Waals surface area contributed by atoms with Crippen LogP contribution in [0.3, 0.4) is 0 Å². The second-order valence-corrected chi connectivity index (χ2v) is 20.3. The van der Waals surface area contributed by atoms with E-state index in [0.717, 1.165) is 77.0 Å². The summed E-state index contributed by atoms with van der Waals surface area (Å²) in [6, 6.07) is -0.815. The summed E-state index contributed by atoms with van der Waals surface area (Å²) >= 11 is 0. The van der Waals surface area contributed by atoms with Gasteiger partial charge in [0.25, 0.3) is 0 Å². The highest BCUT2D eigenvalue weighted by atomic mass is 16.7. The van der Waals surface area contributed by atoms with Crippen LogP contribution in [-0.2, 0) is 23.8 Å². The van der Waals surface area contributed by atoms with Crippen LogP contribution in [0.1, 0.15) is 264 Å². The molecule has 1 heterocycles. The van der Waals surface area contributed by atoms with Gasteiger partial charge in [-0.05, 0) is 64.2 Å². The zero-order chi connectivity index (χ0) is 51.0. The van der Waals surface area contributed by atoms with E-state index in [1.165, 1.54) is 161 Å². The quantitative estimate of drug-likeness (QED) is 0.0195. The molecular weight excluding hydrogens is 883 g/mol. The topological polar surface area (TPSA) is 175 Å². The highest BCUT2D eigenvalue weighted by Gasteiger charge is 2.44. The molecule has 0 radical (unpaired) electrons. The number of unbranched alkanes of at least 4 members (excludes halogenated alkanes) is 32. The van der Waals surface area contributed by atoms with Crippen molar-refractivity contribution >= 4 is 11.9 Å². The van der Waals surface area contributed by atoms with Crippen LogP contribution in [0, 0.1) is 0 Å². The molecular formula is C59H109NO10. The standard InChI is InChI=1S/C59H109NO10/c1-3-5-7-9-11-13-14-15-16-17-18-21-24-27-31-35-39-43-47-55(64)68-48-44-40-36-32-28-25-22-19-20-23-26-30-34-38-42-46-54(63)60-51(52(62)45-41-37-33-29-12-10-8-6-4-2)50-69-59-58(67)57(66)56(65)53(49-61)70-59/h13-14,16-17,41,45,51-53,56-59,61-62,65-67H,3-12,15,18-40,42-44,46-50H2,1-2H3,(H,60,63)/b14-13-,17-16-,45-41+. The summed E-state index contributed by atoms with van der Waals surface area (Å²) in [5, 5.41) is 54.2. The van der Waals surface area contributed by atoms with Gasteiger partial charge in [0, 0.05) is 12.8 Å². The lowest BCUT2D eigenvalue weighted by molar-refractivity contribution is -0.302. The van der Waals surface area contributed by atoms with Crippen molar-refractivity contribution in [2.45, 2.75) is 307 Å². The number of hydrogen-bond donors (Lipinski definition) is 6. The first-order valence-corrected chi connectivity index (χ1v) is 29.3. The molecule has 1 amide bonds. The Morgan fingerprint density at radius 1 is 0.529 bits per heavy atom. The molecule has 0 aliphatic carbocycles. The molecule has 0 bridgehead atoms.